The molecular weight excluding hydrogens is 311 g/mol. The Bertz CT molecular complexity index is 564. The quantitative estimate of drug-likeness (QED) is 0.694. The number of hydrogen-bond donors (Lipinski definition) is 0. The molecule has 0 fully saturated rings. The Morgan fingerprint density at radius 2 is 2.15 bits per heavy atom. The first-order chi connectivity index (χ1) is 9.54. The van der Waals surface area contributed by atoms with Gasteiger partial charge in [-0.15, -0.1) is 10.2 Å². The van der Waals surface area contributed by atoms with Gasteiger partial charge in [0, 0.05) is 23.9 Å². The monoisotopic (exact) mass is 319 g/mol. The van der Waals surface area contributed by atoms with Crippen LogP contribution >= 0.6 is 23.7 Å². The summed E-state index contributed by atoms with van der Waals surface area (Å²) in [5.41, 5.74) is -1.03. The number of fused-ring (bicyclic) bond motifs is 1. The highest BCUT2D eigenvalue weighted by molar-refractivity contribution is 8.38. The molecule has 0 amide bonds. The summed E-state index contributed by atoms with van der Waals surface area (Å²) in [4.78, 5) is 4.26. The molecule has 106 valence electrons. The highest BCUT2D eigenvalue weighted by Crippen LogP contribution is 2.36. The molecule has 0 saturated carbocycles. The summed E-state index contributed by atoms with van der Waals surface area (Å²) in [6.45, 7) is 0.733. The molecule has 0 spiro atoms. The van der Waals surface area contributed by atoms with Crippen LogP contribution in [0.15, 0.2) is 51.3 Å². The summed E-state index contributed by atoms with van der Waals surface area (Å²) in [5.74, 6) is 1.22. The predicted octanol–water partition coefficient (Wildman–Crippen LogP) is 3.49. The van der Waals surface area contributed by atoms with Crippen molar-refractivity contribution in [1.29, 1.82) is 0 Å². The van der Waals surface area contributed by atoms with Gasteiger partial charge in [0.1, 0.15) is 4.38 Å². The van der Waals surface area contributed by atoms with E-state index in [1.165, 1.54) is 17.0 Å². The van der Waals surface area contributed by atoms with Crippen LogP contribution in [0.2, 0.25) is 0 Å². The fraction of sp³-hybridized carbons (Fsp3) is 0.300. The molecule has 3 heterocycles. The Morgan fingerprint density at radius 1 is 1.30 bits per heavy atom. The Hall–Kier alpha value is -1.42. The van der Waals surface area contributed by atoms with Crippen LogP contribution in [0.3, 0.4) is 0 Å². The van der Waals surface area contributed by atoms with Crippen molar-refractivity contribution in [3.8, 4) is 0 Å². The first-order valence-corrected chi connectivity index (χ1v) is 7.33. The summed E-state index contributed by atoms with van der Waals surface area (Å²) in [7, 11) is 0. The van der Waals surface area contributed by atoms with Crippen LogP contribution < -0.4 is 0 Å². The molecule has 3 rings (SSSR count). The van der Waals surface area contributed by atoms with Gasteiger partial charge >= 0.3 is 6.18 Å². The van der Waals surface area contributed by atoms with Crippen LogP contribution in [0.25, 0.3) is 0 Å². The molecule has 10 heteroatoms. The van der Waals surface area contributed by atoms with Crippen molar-refractivity contribution >= 4 is 28.1 Å². The molecule has 20 heavy (non-hydrogen) atoms. The maximum absolute atomic E-state index is 12.7. The topological polar surface area (TPSA) is 43.6 Å². The SMILES string of the molecule is FC(F)(F)C1=CN2C(=CC=CN2SC2=NCCS2)N=N1. The first kappa shape index (κ1) is 13.6. The van der Waals surface area contributed by atoms with Crippen molar-refractivity contribution in [1.82, 2.24) is 9.42 Å². The second-order valence-corrected chi connectivity index (χ2v) is 6.10. The summed E-state index contributed by atoms with van der Waals surface area (Å²) in [6, 6.07) is 0. The van der Waals surface area contributed by atoms with E-state index in [4.69, 9.17) is 0 Å². The van der Waals surface area contributed by atoms with Gasteiger partial charge in [0.05, 0.1) is 12.7 Å². The maximum atomic E-state index is 12.7. The predicted molar refractivity (Wildman–Crippen MR) is 72.2 cm³/mol. The average Bonchev–Trinajstić information content (AvgIpc) is 2.90. The second-order valence-electron chi connectivity index (χ2n) is 3.81. The van der Waals surface area contributed by atoms with Gasteiger partial charge in [-0.25, -0.2) is 9.42 Å². The van der Waals surface area contributed by atoms with Crippen LogP contribution in [0.1, 0.15) is 0 Å². The van der Waals surface area contributed by atoms with E-state index in [0.717, 1.165) is 22.9 Å². The lowest BCUT2D eigenvalue weighted by Gasteiger charge is -2.34. The molecule has 0 aromatic heterocycles. The highest BCUT2D eigenvalue weighted by Gasteiger charge is 2.38. The van der Waals surface area contributed by atoms with Gasteiger partial charge in [-0.2, -0.15) is 13.2 Å². The zero-order valence-corrected chi connectivity index (χ0v) is 11.5. The van der Waals surface area contributed by atoms with Gasteiger partial charge in [-0.3, -0.25) is 4.99 Å². The molecular formula is C10H8F3N5S2. The molecule has 0 atom stereocenters. The number of halogens is 3. The number of aliphatic imine (C=N–C) groups is 1. The number of azo groups is 1. The van der Waals surface area contributed by atoms with Crippen LogP contribution in [0.4, 0.5) is 13.2 Å². The van der Waals surface area contributed by atoms with Gasteiger partial charge in [-0.1, -0.05) is 11.8 Å². The third kappa shape index (κ3) is 2.70. The first-order valence-electron chi connectivity index (χ1n) is 5.57. The van der Waals surface area contributed by atoms with E-state index in [0.29, 0.717) is 5.82 Å². The number of allylic oxidation sites excluding steroid dienone is 3. The number of hydrazine groups is 1. The smallest absolute Gasteiger partial charge is 0.269 e. The van der Waals surface area contributed by atoms with Crippen LogP contribution in [0, 0.1) is 0 Å². The molecule has 0 radical (unpaired) electrons. The van der Waals surface area contributed by atoms with Crippen LogP contribution in [-0.2, 0) is 0 Å². The summed E-state index contributed by atoms with van der Waals surface area (Å²) in [5, 5.41) is 8.10. The summed E-state index contributed by atoms with van der Waals surface area (Å²) in [6.07, 6.45) is 1.35. The molecule has 0 bridgehead atoms. The van der Waals surface area contributed by atoms with Crippen molar-refractivity contribution in [2.75, 3.05) is 12.3 Å². The minimum atomic E-state index is -4.52. The van der Waals surface area contributed by atoms with Gasteiger partial charge in [0.25, 0.3) is 0 Å². The molecule has 3 aliphatic rings. The molecule has 0 N–H and O–H groups in total. The number of nitrogens with zero attached hydrogens (tertiary/aromatic N) is 5. The van der Waals surface area contributed by atoms with E-state index in [-0.39, 0.29) is 0 Å². The minimum absolute atomic E-state index is 0.330. The van der Waals surface area contributed by atoms with Crippen molar-refractivity contribution in [2.45, 2.75) is 6.18 Å². The molecule has 5 nitrogen and oxygen atoms in total. The second kappa shape index (κ2) is 5.17. The van der Waals surface area contributed by atoms with Crippen molar-refractivity contribution in [2.24, 2.45) is 15.2 Å². The molecule has 0 aromatic carbocycles. The van der Waals surface area contributed by atoms with E-state index in [9.17, 15) is 13.2 Å². The fourth-order valence-electron chi connectivity index (χ4n) is 1.56. The van der Waals surface area contributed by atoms with E-state index in [1.807, 2.05) is 0 Å². The summed E-state index contributed by atoms with van der Waals surface area (Å²) < 4.78 is 40.4. The lowest BCUT2D eigenvalue weighted by Crippen LogP contribution is -2.33. The van der Waals surface area contributed by atoms with Gasteiger partial charge in [0.15, 0.2) is 11.5 Å². The van der Waals surface area contributed by atoms with Gasteiger partial charge in [-0.05, 0) is 12.2 Å². The largest absolute Gasteiger partial charge is 0.436 e. The Labute approximate surface area is 121 Å². The highest BCUT2D eigenvalue weighted by atomic mass is 32.2. The Balaban J connectivity index is 1.83. The molecule has 0 aliphatic carbocycles. The lowest BCUT2D eigenvalue weighted by atomic mass is 10.4. The average molecular weight is 319 g/mol. The van der Waals surface area contributed by atoms with E-state index >= 15 is 0 Å². The molecule has 3 aliphatic heterocycles. The van der Waals surface area contributed by atoms with Crippen molar-refractivity contribution in [3.05, 3.63) is 36.1 Å². The Morgan fingerprint density at radius 3 is 2.85 bits per heavy atom. The van der Waals surface area contributed by atoms with Crippen molar-refractivity contribution in [3.63, 3.8) is 0 Å². The molecule has 0 unspecified atom stereocenters. The third-order valence-corrected chi connectivity index (χ3v) is 4.54. The Kier molecular flexibility index (Phi) is 3.50. The standard InChI is InChI=1S/C10H8F3N5S2/c11-10(12,13)7-6-17-8(16-15-7)2-1-4-18(17)20-9-14-3-5-19-9/h1-2,4,6H,3,5H2. The van der Waals surface area contributed by atoms with Crippen LogP contribution in [-0.4, -0.2) is 32.3 Å². The van der Waals surface area contributed by atoms with E-state index in [1.54, 1.807) is 34.5 Å². The van der Waals surface area contributed by atoms with Crippen molar-refractivity contribution < 1.29 is 13.2 Å². The van der Waals surface area contributed by atoms with E-state index < -0.39 is 11.9 Å². The maximum Gasteiger partial charge on any atom is 0.436 e. The zero-order valence-electron chi connectivity index (χ0n) is 9.91. The normalized spacial score (nSPS) is 21.6. The van der Waals surface area contributed by atoms with E-state index in [2.05, 4.69) is 15.2 Å². The van der Waals surface area contributed by atoms with Gasteiger partial charge in [0.2, 0.25) is 0 Å². The zero-order chi connectivity index (χ0) is 14.2. The summed E-state index contributed by atoms with van der Waals surface area (Å²) >= 11 is 2.83. The van der Waals surface area contributed by atoms with Gasteiger partial charge < -0.3 is 0 Å². The number of rotatable bonds is 1. The third-order valence-electron chi connectivity index (χ3n) is 2.43. The molecule has 0 saturated heterocycles. The lowest BCUT2D eigenvalue weighted by molar-refractivity contribution is -0.0954. The minimum Gasteiger partial charge on any atom is -0.269 e. The number of thioether (sulfide) groups is 1. The number of hydrogen-bond acceptors (Lipinski definition) is 7. The molecule has 0 aromatic rings. The fourth-order valence-corrected chi connectivity index (χ4v) is 3.44. The van der Waals surface area contributed by atoms with Crippen LogP contribution in [0.5, 0.6) is 0 Å². The number of alkyl halides is 3.